The first-order valence-corrected chi connectivity index (χ1v) is 8.25. The summed E-state index contributed by atoms with van der Waals surface area (Å²) < 4.78 is 50.4. The van der Waals surface area contributed by atoms with Gasteiger partial charge in [-0.15, -0.1) is 5.10 Å². The summed E-state index contributed by atoms with van der Waals surface area (Å²) in [5, 5.41) is 3.95. The summed E-state index contributed by atoms with van der Waals surface area (Å²) in [6, 6.07) is 2.65. The topological polar surface area (TPSA) is 121 Å². The third-order valence-electron chi connectivity index (χ3n) is 3.26. The van der Waals surface area contributed by atoms with Crippen molar-refractivity contribution in [1.29, 1.82) is 0 Å². The van der Waals surface area contributed by atoms with Crippen molar-refractivity contribution < 1.29 is 32.2 Å². The van der Waals surface area contributed by atoms with Gasteiger partial charge in [-0.05, 0) is 24.1 Å². The Morgan fingerprint density at radius 2 is 2.03 bits per heavy atom. The molecule has 0 radical (unpaired) electrons. The average molecular weight is 413 g/mol. The van der Waals surface area contributed by atoms with E-state index in [0.29, 0.717) is 6.07 Å². The van der Waals surface area contributed by atoms with Crippen LogP contribution >= 0.6 is 0 Å². The number of carbonyl (C=O) groups excluding carboxylic acids is 2. The average Bonchev–Trinajstić information content (AvgIpc) is 3.12. The zero-order chi connectivity index (χ0) is 21.6. The fourth-order valence-corrected chi connectivity index (χ4v) is 1.98. The number of amides is 1. The number of hydrogen-bond donors (Lipinski definition) is 2. The molecule has 2 aromatic rings. The normalized spacial score (nSPS) is 11.7. The van der Waals surface area contributed by atoms with E-state index < -0.39 is 23.8 Å². The highest BCUT2D eigenvalue weighted by atomic mass is 19.4. The number of hydrogen-bond acceptors (Lipinski definition) is 7. The molecule has 0 saturated carbocycles. The van der Waals surface area contributed by atoms with Crippen molar-refractivity contribution in [2.45, 2.75) is 20.0 Å². The van der Waals surface area contributed by atoms with Crippen LogP contribution in [0.15, 0.2) is 30.6 Å². The lowest BCUT2D eigenvalue weighted by atomic mass is 10.1. The number of hydrazine groups is 1. The van der Waals surface area contributed by atoms with Gasteiger partial charge in [-0.2, -0.15) is 13.2 Å². The molecule has 1 aromatic heterocycles. The van der Waals surface area contributed by atoms with Crippen LogP contribution in [0.1, 0.15) is 19.4 Å². The van der Waals surface area contributed by atoms with Gasteiger partial charge in [0.25, 0.3) is 5.91 Å². The maximum absolute atomic E-state index is 13.2. The molecule has 12 heteroatoms. The molecule has 0 fully saturated rings. The summed E-state index contributed by atoms with van der Waals surface area (Å²) in [5.41, 5.74) is 0.755. The highest BCUT2D eigenvalue weighted by molar-refractivity contribution is 5.89. The lowest BCUT2D eigenvalue weighted by Gasteiger charge is -2.12. The third-order valence-corrected chi connectivity index (χ3v) is 3.26. The molecule has 0 aliphatic carbocycles. The van der Waals surface area contributed by atoms with E-state index >= 15 is 0 Å². The predicted octanol–water partition coefficient (Wildman–Crippen LogP) is 2.60. The second-order valence-electron chi connectivity index (χ2n) is 6.17. The molecule has 0 aliphatic heterocycles. The number of nitrogens with one attached hydrogen (secondary N) is 1. The first-order chi connectivity index (χ1) is 13.6. The first kappa shape index (κ1) is 21.9. The van der Waals surface area contributed by atoms with E-state index in [0.717, 1.165) is 16.8 Å². The summed E-state index contributed by atoms with van der Waals surface area (Å²) in [6.07, 6.45) is -2.40. The van der Waals surface area contributed by atoms with Crippen molar-refractivity contribution in [1.82, 2.24) is 20.2 Å². The smallest absolute Gasteiger partial charge is 0.434 e. The van der Waals surface area contributed by atoms with E-state index in [4.69, 9.17) is 15.3 Å². The molecule has 0 aliphatic rings. The second kappa shape index (κ2) is 9.19. The highest BCUT2D eigenvalue weighted by Gasteiger charge is 2.32. The Labute approximate surface area is 163 Å². The van der Waals surface area contributed by atoms with Crippen LogP contribution in [0.4, 0.5) is 18.0 Å². The third kappa shape index (κ3) is 6.60. The lowest BCUT2D eigenvalue weighted by Crippen LogP contribution is -2.28. The van der Waals surface area contributed by atoms with Gasteiger partial charge in [0.2, 0.25) is 0 Å². The van der Waals surface area contributed by atoms with Crippen molar-refractivity contribution in [3.63, 3.8) is 0 Å². The van der Waals surface area contributed by atoms with Crippen LogP contribution in [0, 0.1) is 5.92 Å². The molecular formula is C17H18F3N5O4. The molecule has 29 heavy (non-hydrogen) atoms. The molecule has 0 saturated heterocycles. The predicted molar refractivity (Wildman–Crippen MR) is 94.9 cm³/mol. The Balaban J connectivity index is 2.32. The molecule has 3 N–H and O–H groups in total. The van der Waals surface area contributed by atoms with Crippen LogP contribution in [-0.2, 0) is 15.7 Å². The van der Waals surface area contributed by atoms with Crippen LogP contribution < -0.4 is 16.0 Å². The number of carbonyl (C=O) groups is 2. The van der Waals surface area contributed by atoms with E-state index in [1.165, 1.54) is 18.6 Å². The van der Waals surface area contributed by atoms with Crippen molar-refractivity contribution in [2.75, 3.05) is 6.61 Å². The molecule has 0 spiro atoms. The Kier molecular flexibility index (Phi) is 6.93. The fraction of sp³-hybridized carbons (Fsp3) is 0.294. The molecule has 0 unspecified atom stereocenters. The number of benzene rings is 1. The Morgan fingerprint density at radius 1 is 1.31 bits per heavy atom. The monoisotopic (exact) mass is 413 g/mol. The standard InChI is InChI=1S/C17H18F3N5O4/c1-10(2)8-28-16(27)29-13-6-11(5-12(7-13)17(18,19)20)15-22-9-25(24-15)4-3-14(26)23-21/h3-7,9-10H,8,21H2,1-2H3,(H,23,26)/b4-3-. The van der Waals surface area contributed by atoms with E-state index in [-0.39, 0.29) is 29.7 Å². The molecule has 1 amide bonds. The summed E-state index contributed by atoms with van der Waals surface area (Å²) in [5.74, 6) is 3.88. The van der Waals surface area contributed by atoms with Crippen LogP contribution in [0.5, 0.6) is 5.75 Å². The zero-order valence-corrected chi connectivity index (χ0v) is 15.4. The van der Waals surface area contributed by atoms with Gasteiger partial charge in [0.15, 0.2) is 5.82 Å². The highest BCUT2D eigenvalue weighted by Crippen LogP contribution is 2.35. The minimum Gasteiger partial charge on any atom is -0.434 e. The lowest BCUT2D eigenvalue weighted by molar-refractivity contribution is -0.137. The van der Waals surface area contributed by atoms with Gasteiger partial charge in [0, 0.05) is 17.8 Å². The fourth-order valence-electron chi connectivity index (χ4n) is 1.98. The molecule has 0 bridgehead atoms. The largest absolute Gasteiger partial charge is 0.513 e. The minimum atomic E-state index is -4.70. The number of aromatic nitrogens is 3. The number of alkyl halides is 3. The van der Waals surface area contributed by atoms with Gasteiger partial charge in [-0.1, -0.05) is 13.8 Å². The summed E-state index contributed by atoms with van der Waals surface area (Å²) >= 11 is 0. The van der Waals surface area contributed by atoms with Gasteiger partial charge in [0.1, 0.15) is 12.1 Å². The summed E-state index contributed by atoms with van der Waals surface area (Å²) in [6.45, 7) is 3.64. The number of halogens is 3. The number of ether oxygens (including phenoxy) is 2. The maximum Gasteiger partial charge on any atom is 0.513 e. The number of nitrogens with two attached hydrogens (primary N) is 1. The SMILES string of the molecule is CC(C)COC(=O)Oc1cc(-c2ncn(/C=C\C(=O)NN)n2)cc(C(F)(F)F)c1. The number of rotatable bonds is 6. The van der Waals surface area contributed by atoms with Gasteiger partial charge >= 0.3 is 12.3 Å². The minimum absolute atomic E-state index is 0.0298. The number of nitrogens with zero attached hydrogens (tertiary/aromatic N) is 3. The van der Waals surface area contributed by atoms with Gasteiger partial charge in [0.05, 0.1) is 12.2 Å². The summed E-state index contributed by atoms with van der Waals surface area (Å²) in [4.78, 5) is 26.7. The van der Waals surface area contributed by atoms with Crippen LogP contribution in [0.3, 0.4) is 0 Å². The van der Waals surface area contributed by atoms with E-state index in [1.807, 2.05) is 5.43 Å². The van der Waals surface area contributed by atoms with Crippen molar-refractivity contribution in [3.8, 4) is 17.1 Å². The van der Waals surface area contributed by atoms with E-state index in [9.17, 15) is 22.8 Å². The molecule has 156 valence electrons. The quantitative estimate of drug-likeness (QED) is 0.186. The molecule has 2 rings (SSSR count). The van der Waals surface area contributed by atoms with Crippen LogP contribution in [-0.4, -0.2) is 33.4 Å². The molecular weight excluding hydrogens is 395 g/mol. The molecule has 1 heterocycles. The van der Waals surface area contributed by atoms with Gasteiger partial charge < -0.3 is 9.47 Å². The second-order valence-corrected chi connectivity index (χ2v) is 6.17. The van der Waals surface area contributed by atoms with Crippen molar-refractivity contribution in [2.24, 2.45) is 11.8 Å². The van der Waals surface area contributed by atoms with Crippen molar-refractivity contribution >= 4 is 18.3 Å². The van der Waals surface area contributed by atoms with E-state index in [2.05, 4.69) is 10.1 Å². The molecule has 1 aromatic carbocycles. The first-order valence-electron chi connectivity index (χ1n) is 8.25. The Hall–Kier alpha value is -3.41. The van der Waals surface area contributed by atoms with E-state index in [1.54, 1.807) is 13.8 Å². The van der Waals surface area contributed by atoms with Gasteiger partial charge in [-0.3, -0.25) is 10.2 Å². The summed E-state index contributed by atoms with van der Waals surface area (Å²) in [7, 11) is 0. The Morgan fingerprint density at radius 3 is 2.66 bits per heavy atom. The van der Waals surface area contributed by atoms with Crippen LogP contribution in [0.2, 0.25) is 0 Å². The molecule has 9 nitrogen and oxygen atoms in total. The van der Waals surface area contributed by atoms with Gasteiger partial charge in [-0.25, -0.2) is 20.3 Å². The maximum atomic E-state index is 13.2. The zero-order valence-electron chi connectivity index (χ0n) is 15.4. The van der Waals surface area contributed by atoms with Crippen molar-refractivity contribution in [3.05, 3.63) is 36.2 Å². The van der Waals surface area contributed by atoms with Crippen LogP contribution in [0.25, 0.3) is 17.6 Å². The Bertz CT molecular complexity index is 909. The molecule has 0 atom stereocenters.